The molecule has 0 saturated heterocycles. The second kappa shape index (κ2) is 16.2. The van der Waals surface area contributed by atoms with Gasteiger partial charge in [-0.3, -0.25) is 24.0 Å². The zero-order valence-electron chi connectivity index (χ0n) is 28.4. The molecule has 1 aliphatic rings. The van der Waals surface area contributed by atoms with Gasteiger partial charge in [-0.05, 0) is 53.6 Å². The minimum Gasteiger partial charge on any atom is -0.382 e. The van der Waals surface area contributed by atoms with Crippen molar-refractivity contribution in [3.63, 3.8) is 0 Å². The quantitative estimate of drug-likeness (QED) is 0.150. The van der Waals surface area contributed by atoms with Crippen LogP contribution >= 0.6 is 0 Å². The molecule has 3 aromatic carbocycles. The summed E-state index contributed by atoms with van der Waals surface area (Å²) in [5.41, 5.74) is 7.14. The highest BCUT2D eigenvalue weighted by atomic mass is 19.4. The minimum absolute atomic E-state index is 0.0306. The van der Waals surface area contributed by atoms with Gasteiger partial charge in [0, 0.05) is 24.8 Å². The molecule has 0 aliphatic heterocycles. The minimum atomic E-state index is -5.11. The van der Waals surface area contributed by atoms with Crippen LogP contribution in [0.15, 0.2) is 78.9 Å². The Morgan fingerprint density at radius 1 is 0.784 bits per heavy atom. The SMILES string of the molecule is CC(C)C(NC(=O)c1ccc(-c2ccccc2)cc1)C(=O)NC1(C(=O)N[C@@H](C)C(=O)NC(CCC(N)=O)C(O)C(F)(F)F)Cc2ccccc2C1. The first-order chi connectivity index (χ1) is 24.0. The van der Waals surface area contributed by atoms with Gasteiger partial charge < -0.3 is 32.1 Å². The zero-order chi connectivity index (χ0) is 37.5. The number of rotatable bonds is 14. The molecule has 272 valence electrons. The summed E-state index contributed by atoms with van der Waals surface area (Å²) in [6, 6.07) is 19.2. The lowest BCUT2D eigenvalue weighted by atomic mass is 9.92. The average molecular weight is 710 g/mol. The summed E-state index contributed by atoms with van der Waals surface area (Å²) >= 11 is 0. The molecule has 4 atom stereocenters. The van der Waals surface area contributed by atoms with Crippen molar-refractivity contribution in [3.8, 4) is 11.1 Å². The largest absolute Gasteiger partial charge is 0.416 e. The van der Waals surface area contributed by atoms with Gasteiger partial charge >= 0.3 is 6.18 Å². The topological polar surface area (TPSA) is 180 Å². The lowest BCUT2D eigenvalue weighted by molar-refractivity contribution is -0.212. The fourth-order valence-corrected chi connectivity index (χ4v) is 5.98. The van der Waals surface area contributed by atoms with E-state index in [0.29, 0.717) is 5.56 Å². The maximum Gasteiger partial charge on any atom is 0.416 e. The molecule has 1 aliphatic carbocycles. The van der Waals surface area contributed by atoms with Gasteiger partial charge in [0.05, 0.1) is 6.04 Å². The molecule has 11 nitrogen and oxygen atoms in total. The third-order valence-electron chi connectivity index (χ3n) is 8.88. The smallest absolute Gasteiger partial charge is 0.382 e. The van der Waals surface area contributed by atoms with E-state index in [0.717, 1.165) is 22.3 Å². The van der Waals surface area contributed by atoms with Crippen LogP contribution in [0.25, 0.3) is 11.1 Å². The van der Waals surface area contributed by atoms with Crippen LogP contribution in [0.4, 0.5) is 13.2 Å². The second-order valence-corrected chi connectivity index (χ2v) is 13.1. The van der Waals surface area contributed by atoms with E-state index < -0.39 is 84.2 Å². The summed E-state index contributed by atoms with van der Waals surface area (Å²) in [6.45, 7) is 4.70. The molecule has 0 spiro atoms. The molecule has 0 saturated carbocycles. The van der Waals surface area contributed by atoms with Crippen LogP contribution in [-0.2, 0) is 32.0 Å². The third kappa shape index (κ3) is 9.72. The van der Waals surface area contributed by atoms with Crippen molar-refractivity contribution in [2.75, 3.05) is 0 Å². The van der Waals surface area contributed by atoms with E-state index in [1.807, 2.05) is 30.3 Å². The third-order valence-corrected chi connectivity index (χ3v) is 8.88. The fourth-order valence-electron chi connectivity index (χ4n) is 5.98. The lowest BCUT2D eigenvalue weighted by Crippen LogP contribution is -2.65. The number of halogens is 3. The molecule has 0 fully saturated rings. The Hall–Kier alpha value is -5.24. The van der Waals surface area contributed by atoms with Gasteiger partial charge in [-0.1, -0.05) is 80.6 Å². The van der Waals surface area contributed by atoms with E-state index in [-0.39, 0.29) is 12.8 Å². The van der Waals surface area contributed by atoms with Crippen LogP contribution in [0.5, 0.6) is 0 Å². The molecule has 0 radical (unpaired) electrons. The zero-order valence-corrected chi connectivity index (χ0v) is 28.4. The van der Waals surface area contributed by atoms with E-state index in [1.165, 1.54) is 6.92 Å². The van der Waals surface area contributed by atoms with Crippen molar-refractivity contribution in [1.82, 2.24) is 21.3 Å². The first kappa shape index (κ1) is 38.6. The number of nitrogens with one attached hydrogen (secondary N) is 4. The Bertz CT molecular complexity index is 1710. The summed E-state index contributed by atoms with van der Waals surface area (Å²) in [7, 11) is 0. The molecule has 3 aromatic rings. The summed E-state index contributed by atoms with van der Waals surface area (Å²) in [4.78, 5) is 65.5. The number of carbonyl (C=O) groups excluding carboxylic acids is 5. The van der Waals surface area contributed by atoms with Gasteiger partial charge in [0.15, 0.2) is 6.10 Å². The van der Waals surface area contributed by atoms with Gasteiger partial charge in [-0.15, -0.1) is 0 Å². The summed E-state index contributed by atoms with van der Waals surface area (Å²) in [5.74, 6) is -4.36. The fraction of sp³-hybridized carbons (Fsp3) is 0.378. The first-order valence-corrected chi connectivity index (χ1v) is 16.5. The maximum atomic E-state index is 14.0. The van der Waals surface area contributed by atoms with Crippen LogP contribution in [0.3, 0.4) is 0 Å². The molecule has 0 heterocycles. The predicted octanol–water partition coefficient (Wildman–Crippen LogP) is 2.94. The number of hydrogen-bond acceptors (Lipinski definition) is 6. The number of alkyl halides is 3. The molecular weight excluding hydrogens is 667 g/mol. The molecule has 4 rings (SSSR count). The normalized spacial score (nSPS) is 15.8. The lowest BCUT2D eigenvalue weighted by Gasteiger charge is -2.33. The monoisotopic (exact) mass is 709 g/mol. The van der Waals surface area contributed by atoms with Gasteiger partial charge in [0.25, 0.3) is 5.91 Å². The number of benzene rings is 3. The van der Waals surface area contributed by atoms with Crippen molar-refractivity contribution in [3.05, 3.63) is 95.6 Å². The van der Waals surface area contributed by atoms with Crippen molar-refractivity contribution < 1.29 is 42.3 Å². The Morgan fingerprint density at radius 3 is 1.86 bits per heavy atom. The Labute approximate surface area is 293 Å². The maximum absolute atomic E-state index is 14.0. The van der Waals surface area contributed by atoms with Gasteiger partial charge in [0.2, 0.25) is 23.6 Å². The highest BCUT2D eigenvalue weighted by molar-refractivity contribution is 6.00. The predicted molar refractivity (Wildman–Crippen MR) is 183 cm³/mol. The molecule has 0 aromatic heterocycles. The van der Waals surface area contributed by atoms with Gasteiger partial charge in [-0.2, -0.15) is 13.2 Å². The summed E-state index contributed by atoms with van der Waals surface area (Å²) in [6.07, 6.45) is -9.19. The van der Waals surface area contributed by atoms with Crippen LogP contribution < -0.4 is 27.0 Å². The highest BCUT2D eigenvalue weighted by Gasteiger charge is 2.48. The standard InChI is InChI=1S/C37H42F3N5O6/c1-21(2)30(44-33(49)25-15-13-24(14-16-25)23-9-5-4-6-10-23)34(50)45-36(19-26-11-7-8-12-27(26)20-36)35(51)42-22(3)32(48)43-28(17-18-29(41)46)31(47)37(38,39)40/h4-16,21-22,28,30-31,47H,17-20H2,1-3H3,(H2,41,46)(H,42,51)(H,43,48)(H,44,49)(H,45,50)/t22-,28?,30?,31?/m0/s1. The number of nitrogens with two attached hydrogens (primary N) is 1. The van der Waals surface area contributed by atoms with E-state index in [1.54, 1.807) is 62.4 Å². The highest BCUT2D eigenvalue weighted by Crippen LogP contribution is 2.31. The molecule has 0 bridgehead atoms. The Kier molecular flexibility index (Phi) is 12.2. The number of aliphatic hydroxyl groups is 1. The number of amides is 5. The number of hydrogen-bond donors (Lipinski definition) is 6. The van der Waals surface area contributed by atoms with Gasteiger partial charge in [0.1, 0.15) is 17.6 Å². The molecule has 3 unspecified atom stereocenters. The molecule has 7 N–H and O–H groups in total. The van der Waals surface area contributed by atoms with E-state index in [4.69, 9.17) is 5.73 Å². The van der Waals surface area contributed by atoms with Crippen LogP contribution in [0, 0.1) is 5.92 Å². The van der Waals surface area contributed by atoms with Crippen LogP contribution in [-0.4, -0.2) is 70.6 Å². The number of carbonyl (C=O) groups is 5. The van der Waals surface area contributed by atoms with Crippen LogP contribution in [0.1, 0.15) is 55.1 Å². The van der Waals surface area contributed by atoms with Crippen molar-refractivity contribution in [2.24, 2.45) is 11.7 Å². The Balaban J connectivity index is 1.51. The number of fused-ring (bicyclic) bond motifs is 1. The second-order valence-electron chi connectivity index (χ2n) is 13.1. The summed E-state index contributed by atoms with van der Waals surface area (Å²) < 4.78 is 39.9. The number of aliphatic hydroxyl groups excluding tert-OH is 1. The van der Waals surface area contributed by atoms with E-state index in [2.05, 4.69) is 21.3 Å². The van der Waals surface area contributed by atoms with Crippen molar-refractivity contribution >= 4 is 29.5 Å². The molecule has 5 amide bonds. The molecule has 51 heavy (non-hydrogen) atoms. The van der Waals surface area contributed by atoms with E-state index in [9.17, 15) is 42.3 Å². The summed E-state index contributed by atoms with van der Waals surface area (Å²) in [5, 5.41) is 20.0. The van der Waals surface area contributed by atoms with E-state index >= 15 is 0 Å². The van der Waals surface area contributed by atoms with Crippen molar-refractivity contribution in [2.45, 2.75) is 82.4 Å². The average Bonchev–Trinajstić information content (AvgIpc) is 3.47. The Morgan fingerprint density at radius 2 is 1.33 bits per heavy atom. The molecular formula is C37H42F3N5O6. The molecule has 14 heteroatoms. The number of primary amides is 1. The van der Waals surface area contributed by atoms with Gasteiger partial charge in [-0.25, -0.2) is 0 Å². The van der Waals surface area contributed by atoms with Crippen LogP contribution in [0.2, 0.25) is 0 Å². The first-order valence-electron chi connectivity index (χ1n) is 16.5. The van der Waals surface area contributed by atoms with Crippen molar-refractivity contribution in [1.29, 1.82) is 0 Å².